The monoisotopic (exact) mass is 224 g/mol. The zero-order valence-electron chi connectivity index (χ0n) is 10.2. The van der Waals surface area contributed by atoms with Gasteiger partial charge >= 0.3 is 6.01 Å². The average Bonchev–Trinajstić information content (AvgIpc) is 2.92. The van der Waals surface area contributed by atoms with Gasteiger partial charge in [-0.1, -0.05) is 18.9 Å². The molecule has 0 aliphatic heterocycles. The third-order valence-electron chi connectivity index (χ3n) is 2.54. The van der Waals surface area contributed by atoms with Crippen molar-refractivity contribution in [2.24, 2.45) is 5.92 Å². The Hall–Kier alpha value is -1.10. The Labute approximate surface area is 96.2 Å². The van der Waals surface area contributed by atoms with Crippen molar-refractivity contribution in [3.8, 4) is 0 Å². The molecule has 0 spiro atoms. The fourth-order valence-electron chi connectivity index (χ4n) is 1.62. The number of aromatic nitrogens is 2. The van der Waals surface area contributed by atoms with Gasteiger partial charge in [-0.25, -0.2) is 0 Å². The SMILES string of the molecule is CC(C)CN(C)c1nnc(CNC2CC2)o1. The van der Waals surface area contributed by atoms with Crippen LogP contribution in [-0.4, -0.2) is 29.8 Å². The van der Waals surface area contributed by atoms with Crippen LogP contribution in [0.5, 0.6) is 0 Å². The van der Waals surface area contributed by atoms with Crippen LogP contribution in [0.4, 0.5) is 6.01 Å². The predicted molar refractivity (Wildman–Crippen MR) is 62.3 cm³/mol. The molecule has 1 aliphatic rings. The lowest BCUT2D eigenvalue weighted by atomic mass is 10.2. The number of anilines is 1. The molecule has 2 rings (SSSR count). The summed E-state index contributed by atoms with van der Waals surface area (Å²) in [5.41, 5.74) is 0. The van der Waals surface area contributed by atoms with E-state index in [1.807, 2.05) is 11.9 Å². The third-order valence-corrected chi connectivity index (χ3v) is 2.54. The van der Waals surface area contributed by atoms with Gasteiger partial charge in [-0.15, -0.1) is 5.10 Å². The van der Waals surface area contributed by atoms with Crippen LogP contribution < -0.4 is 10.2 Å². The van der Waals surface area contributed by atoms with Crippen molar-refractivity contribution in [1.82, 2.24) is 15.5 Å². The van der Waals surface area contributed by atoms with Crippen LogP contribution in [0.25, 0.3) is 0 Å². The lowest BCUT2D eigenvalue weighted by molar-refractivity contribution is 0.458. The second-order valence-corrected chi connectivity index (χ2v) is 4.91. The standard InChI is InChI=1S/C11H20N4O/c1-8(2)7-15(3)11-14-13-10(16-11)6-12-9-4-5-9/h8-9,12H,4-7H2,1-3H3. The van der Waals surface area contributed by atoms with Crippen LogP contribution in [-0.2, 0) is 6.54 Å². The van der Waals surface area contributed by atoms with Gasteiger partial charge in [0.2, 0.25) is 5.89 Å². The molecule has 0 radical (unpaired) electrons. The summed E-state index contributed by atoms with van der Waals surface area (Å²) >= 11 is 0. The summed E-state index contributed by atoms with van der Waals surface area (Å²) in [7, 11) is 1.98. The zero-order valence-corrected chi connectivity index (χ0v) is 10.2. The molecule has 1 aliphatic carbocycles. The first-order valence-electron chi connectivity index (χ1n) is 5.92. The third kappa shape index (κ3) is 3.20. The van der Waals surface area contributed by atoms with E-state index in [1.165, 1.54) is 12.8 Å². The molecule has 0 unspecified atom stereocenters. The quantitative estimate of drug-likeness (QED) is 0.792. The summed E-state index contributed by atoms with van der Waals surface area (Å²) < 4.78 is 5.57. The highest BCUT2D eigenvalue weighted by Gasteiger charge is 2.21. The largest absolute Gasteiger partial charge is 0.407 e. The maximum Gasteiger partial charge on any atom is 0.317 e. The zero-order chi connectivity index (χ0) is 11.5. The Morgan fingerprint density at radius 1 is 1.44 bits per heavy atom. The van der Waals surface area contributed by atoms with Gasteiger partial charge in [0.15, 0.2) is 0 Å². The lowest BCUT2D eigenvalue weighted by Crippen LogP contribution is -2.22. The summed E-state index contributed by atoms with van der Waals surface area (Å²) in [6.45, 7) is 5.95. The molecule has 0 atom stereocenters. The number of nitrogens with zero attached hydrogens (tertiary/aromatic N) is 3. The van der Waals surface area contributed by atoms with Crippen molar-refractivity contribution in [2.75, 3.05) is 18.5 Å². The van der Waals surface area contributed by atoms with E-state index in [0.717, 1.165) is 6.54 Å². The summed E-state index contributed by atoms with van der Waals surface area (Å²) in [5.74, 6) is 1.27. The van der Waals surface area contributed by atoms with Gasteiger partial charge in [-0.3, -0.25) is 0 Å². The molecule has 1 heterocycles. The van der Waals surface area contributed by atoms with Gasteiger partial charge in [-0.05, 0) is 18.8 Å². The highest BCUT2D eigenvalue weighted by atomic mass is 16.4. The van der Waals surface area contributed by atoms with Gasteiger partial charge < -0.3 is 14.6 Å². The first-order chi connectivity index (χ1) is 7.65. The van der Waals surface area contributed by atoms with Gasteiger partial charge in [0, 0.05) is 19.6 Å². The molecule has 1 aromatic rings. The van der Waals surface area contributed by atoms with Crippen molar-refractivity contribution < 1.29 is 4.42 Å². The van der Waals surface area contributed by atoms with E-state index < -0.39 is 0 Å². The second kappa shape index (κ2) is 4.82. The Balaban J connectivity index is 1.84. The number of hydrogen-bond acceptors (Lipinski definition) is 5. The molecule has 0 amide bonds. The molecular weight excluding hydrogens is 204 g/mol. The van der Waals surface area contributed by atoms with Gasteiger partial charge in [0.25, 0.3) is 0 Å². The van der Waals surface area contributed by atoms with Crippen LogP contribution in [0.15, 0.2) is 4.42 Å². The predicted octanol–water partition coefficient (Wildman–Crippen LogP) is 1.41. The molecule has 0 aromatic carbocycles. The Kier molecular flexibility index (Phi) is 3.43. The van der Waals surface area contributed by atoms with Crippen molar-refractivity contribution in [1.29, 1.82) is 0 Å². The van der Waals surface area contributed by atoms with Gasteiger partial charge in [-0.2, -0.15) is 0 Å². The average molecular weight is 224 g/mol. The minimum absolute atomic E-state index is 0.588. The van der Waals surface area contributed by atoms with Crippen molar-refractivity contribution in [3.63, 3.8) is 0 Å². The van der Waals surface area contributed by atoms with Crippen LogP contribution in [0, 0.1) is 5.92 Å². The van der Waals surface area contributed by atoms with Crippen molar-refractivity contribution >= 4 is 6.01 Å². The molecule has 0 saturated heterocycles. The fourth-order valence-corrected chi connectivity index (χ4v) is 1.62. The molecule has 90 valence electrons. The van der Waals surface area contributed by atoms with E-state index >= 15 is 0 Å². The van der Waals surface area contributed by atoms with Crippen LogP contribution >= 0.6 is 0 Å². The first kappa shape index (κ1) is 11.4. The molecule has 0 bridgehead atoms. The molecule has 5 heteroatoms. The summed E-state index contributed by atoms with van der Waals surface area (Å²) in [6, 6.07) is 1.28. The summed E-state index contributed by atoms with van der Waals surface area (Å²) in [4.78, 5) is 2.00. The molecular formula is C11H20N4O. The smallest absolute Gasteiger partial charge is 0.317 e. The fraction of sp³-hybridized carbons (Fsp3) is 0.818. The molecule has 5 nitrogen and oxygen atoms in total. The van der Waals surface area contributed by atoms with E-state index in [0.29, 0.717) is 30.4 Å². The Morgan fingerprint density at radius 2 is 2.19 bits per heavy atom. The molecule has 16 heavy (non-hydrogen) atoms. The first-order valence-corrected chi connectivity index (χ1v) is 5.92. The molecule has 1 N–H and O–H groups in total. The lowest BCUT2D eigenvalue weighted by Gasteiger charge is -2.15. The van der Waals surface area contributed by atoms with E-state index in [1.54, 1.807) is 0 Å². The minimum atomic E-state index is 0.588. The normalized spacial score (nSPS) is 15.8. The minimum Gasteiger partial charge on any atom is -0.407 e. The van der Waals surface area contributed by atoms with E-state index in [9.17, 15) is 0 Å². The van der Waals surface area contributed by atoms with Crippen molar-refractivity contribution in [3.05, 3.63) is 5.89 Å². The highest BCUT2D eigenvalue weighted by molar-refractivity contribution is 5.21. The topological polar surface area (TPSA) is 54.2 Å². The molecule has 1 saturated carbocycles. The summed E-state index contributed by atoms with van der Waals surface area (Å²) in [5, 5.41) is 11.4. The Bertz CT molecular complexity index is 332. The Morgan fingerprint density at radius 3 is 2.81 bits per heavy atom. The number of hydrogen-bond donors (Lipinski definition) is 1. The molecule has 1 fully saturated rings. The maximum atomic E-state index is 5.57. The summed E-state index contributed by atoms with van der Waals surface area (Å²) in [6.07, 6.45) is 2.54. The van der Waals surface area contributed by atoms with Crippen LogP contribution in [0.1, 0.15) is 32.6 Å². The van der Waals surface area contributed by atoms with Crippen molar-refractivity contribution in [2.45, 2.75) is 39.3 Å². The van der Waals surface area contributed by atoms with E-state index in [2.05, 4.69) is 29.4 Å². The van der Waals surface area contributed by atoms with Crippen LogP contribution in [0.3, 0.4) is 0 Å². The van der Waals surface area contributed by atoms with E-state index in [-0.39, 0.29) is 0 Å². The maximum absolute atomic E-state index is 5.57. The van der Waals surface area contributed by atoms with Gasteiger partial charge in [0.05, 0.1) is 6.54 Å². The molecule has 1 aromatic heterocycles. The number of nitrogens with one attached hydrogen (secondary N) is 1. The van der Waals surface area contributed by atoms with Gasteiger partial charge in [0.1, 0.15) is 0 Å². The number of rotatable bonds is 6. The van der Waals surface area contributed by atoms with Crippen LogP contribution in [0.2, 0.25) is 0 Å². The second-order valence-electron chi connectivity index (χ2n) is 4.91. The highest BCUT2D eigenvalue weighted by Crippen LogP contribution is 2.19. The van der Waals surface area contributed by atoms with E-state index in [4.69, 9.17) is 4.42 Å².